The van der Waals surface area contributed by atoms with Gasteiger partial charge in [-0.2, -0.15) is 10.2 Å². The molecular formula is C11H16N2O3S. The zero-order valence-corrected chi connectivity index (χ0v) is 10.6. The maximum Gasteiger partial charge on any atom is 0.242 e. The van der Waals surface area contributed by atoms with Crippen LogP contribution in [0.1, 0.15) is 13.8 Å². The van der Waals surface area contributed by atoms with Gasteiger partial charge in [0.25, 0.3) is 0 Å². The van der Waals surface area contributed by atoms with Gasteiger partial charge in [-0.05, 0) is 19.1 Å². The summed E-state index contributed by atoms with van der Waals surface area (Å²) in [6, 6.07) is 8.39. The van der Waals surface area contributed by atoms with Crippen molar-refractivity contribution in [3.05, 3.63) is 30.3 Å². The summed E-state index contributed by atoms with van der Waals surface area (Å²) in [5.74, 6) is 0.0773. The zero-order valence-electron chi connectivity index (χ0n) is 9.75. The molecule has 1 aromatic carbocycles. The van der Waals surface area contributed by atoms with Crippen molar-refractivity contribution in [3.63, 3.8) is 0 Å². The van der Waals surface area contributed by atoms with Gasteiger partial charge in [-0.15, -0.1) is 0 Å². The van der Waals surface area contributed by atoms with E-state index in [1.807, 2.05) is 13.8 Å². The van der Waals surface area contributed by atoms with E-state index >= 15 is 0 Å². The first kappa shape index (κ1) is 12.5. The predicted molar refractivity (Wildman–Crippen MR) is 63.4 cm³/mol. The third-order valence-corrected chi connectivity index (χ3v) is 4.41. The molecule has 1 saturated heterocycles. The number of benzene rings is 1. The summed E-state index contributed by atoms with van der Waals surface area (Å²) < 4.78 is 26.6. The fourth-order valence-corrected chi connectivity index (χ4v) is 2.83. The average Bonchev–Trinajstić information content (AvgIpc) is 2.62. The van der Waals surface area contributed by atoms with Gasteiger partial charge >= 0.3 is 0 Å². The minimum absolute atomic E-state index is 0.0773. The fourth-order valence-electron chi connectivity index (χ4n) is 1.61. The molecule has 5 nitrogen and oxygen atoms in total. The van der Waals surface area contributed by atoms with Gasteiger partial charge in [0.15, 0.2) is 0 Å². The van der Waals surface area contributed by atoms with E-state index in [0.29, 0.717) is 0 Å². The van der Waals surface area contributed by atoms with Crippen LogP contribution in [-0.4, -0.2) is 20.7 Å². The summed E-state index contributed by atoms with van der Waals surface area (Å²) in [4.78, 5) is 5.44. The molecule has 3 atom stereocenters. The molecule has 1 aliphatic rings. The Labute approximate surface area is 101 Å². The van der Waals surface area contributed by atoms with E-state index in [2.05, 4.69) is 10.2 Å². The maximum absolute atomic E-state index is 12.0. The van der Waals surface area contributed by atoms with E-state index in [-0.39, 0.29) is 16.9 Å². The minimum atomic E-state index is -3.52. The van der Waals surface area contributed by atoms with Crippen LogP contribution >= 0.6 is 0 Å². The Morgan fingerprint density at radius 2 is 1.88 bits per heavy atom. The number of hydrogen-bond donors (Lipinski definition) is 2. The third kappa shape index (κ3) is 2.66. The molecule has 2 rings (SSSR count). The summed E-state index contributed by atoms with van der Waals surface area (Å²) >= 11 is 0. The van der Waals surface area contributed by atoms with Crippen molar-refractivity contribution in [1.29, 1.82) is 0 Å². The molecule has 0 aliphatic carbocycles. The molecule has 3 unspecified atom stereocenters. The Bertz CT molecular complexity index is 475. The normalized spacial score (nSPS) is 29.4. The number of hydroxylamine groups is 1. The second-order valence-electron chi connectivity index (χ2n) is 4.24. The van der Waals surface area contributed by atoms with E-state index in [4.69, 9.17) is 4.84 Å². The molecule has 2 N–H and O–H groups in total. The molecular weight excluding hydrogens is 240 g/mol. The Balaban J connectivity index is 2.14. The highest BCUT2D eigenvalue weighted by Crippen LogP contribution is 2.18. The Hall–Kier alpha value is -0.950. The van der Waals surface area contributed by atoms with Crippen LogP contribution in [0.5, 0.6) is 0 Å². The Morgan fingerprint density at radius 1 is 1.24 bits per heavy atom. The minimum Gasteiger partial charge on any atom is -0.281 e. The summed E-state index contributed by atoms with van der Waals surface area (Å²) in [6.45, 7) is 3.88. The molecule has 1 fully saturated rings. The maximum atomic E-state index is 12.0. The smallest absolute Gasteiger partial charge is 0.242 e. The molecule has 0 aromatic heterocycles. The van der Waals surface area contributed by atoms with Crippen LogP contribution in [0, 0.1) is 5.92 Å². The van der Waals surface area contributed by atoms with Gasteiger partial charge in [-0.25, -0.2) is 8.42 Å². The van der Waals surface area contributed by atoms with E-state index < -0.39 is 16.3 Å². The SMILES string of the molecule is CC1NOC(NS(=O)(=O)c2ccccc2)C1C. The second-order valence-corrected chi connectivity index (χ2v) is 5.95. The Kier molecular flexibility index (Phi) is 3.48. The summed E-state index contributed by atoms with van der Waals surface area (Å²) in [5, 5.41) is 0. The quantitative estimate of drug-likeness (QED) is 0.841. The third-order valence-electron chi connectivity index (χ3n) is 2.97. The molecule has 0 bridgehead atoms. The number of nitrogens with one attached hydrogen (secondary N) is 2. The van der Waals surface area contributed by atoms with E-state index in [1.165, 1.54) is 0 Å². The second kappa shape index (κ2) is 4.73. The molecule has 0 spiro atoms. The zero-order chi connectivity index (χ0) is 12.5. The van der Waals surface area contributed by atoms with Gasteiger partial charge in [0.2, 0.25) is 10.0 Å². The van der Waals surface area contributed by atoms with Gasteiger partial charge in [0.1, 0.15) is 6.23 Å². The number of sulfonamides is 1. The summed E-state index contributed by atoms with van der Waals surface area (Å²) in [6.07, 6.45) is -0.532. The highest BCUT2D eigenvalue weighted by atomic mass is 32.2. The van der Waals surface area contributed by atoms with E-state index in [1.54, 1.807) is 30.3 Å². The van der Waals surface area contributed by atoms with Crippen molar-refractivity contribution < 1.29 is 13.3 Å². The largest absolute Gasteiger partial charge is 0.281 e. The first-order valence-electron chi connectivity index (χ1n) is 5.49. The van der Waals surface area contributed by atoms with Gasteiger partial charge < -0.3 is 0 Å². The fraction of sp³-hybridized carbons (Fsp3) is 0.455. The van der Waals surface area contributed by atoms with Gasteiger partial charge in [0, 0.05) is 12.0 Å². The molecule has 0 radical (unpaired) electrons. The molecule has 94 valence electrons. The molecule has 0 saturated carbocycles. The molecule has 1 heterocycles. The van der Waals surface area contributed by atoms with Crippen molar-refractivity contribution >= 4 is 10.0 Å². The summed E-state index contributed by atoms with van der Waals surface area (Å²) in [5.41, 5.74) is 2.77. The highest BCUT2D eigenvalue weighted by Gasteiger charge is 2.34. The lowest BCUT2D eigenvalue weighted by atomic mass is 10.1. The van der Waals surface area contributed by atoms with Crippen LogP contribution in [0.15, 0.2) is 35.2 Å². The molecule has 17 heavy (non-hydrogen) atoms. The topological polar surface area (TPSA) is 67.4 Å². The van der Waals surface area contributed by atoms with Crippen molar-refractivity contribution in [1.82, 2.24) is 10.2 Å². The lowest BCUT2D eigenvalue weighted by molar-refractivity contribution is 0.0148. The van der Waals surface area contributed by atoms with Crippen molar-refractivity contribution in [2.45, 2.75) is 31.0 Å². The average molecular weight is 256 g/mol. The lowest BCUT2D eigenvalue weighted by Crippen LogP contribution is -2.38. The Morgan fingerprint density at radius 3 is 2.41 bits per heavy atom. The van der Waals surface area contributed by atoms with Crippen LogP contribution in [0.2, 0.25) is 0 Å². The van der Waals surface area contributed by atoms with Gasteiger partial charge in [-0.3, -0.25) is 4.84 Å². The van der Waals surface area contributed by atoms with Crippen molar-refractivity contribution in [2.75, 3.05) is 0 Å². The highest BCUT2D eigenvalue weighted by molar-refractivity contribution is 7.89. The lowest BCUT2D eigenvalue weighted by Gasteiger charge is -2.16. The number of rotatable bonds is 3. The predicted octanol–water partition coefficient (Wildman–Crippen LogP) is 0.850. The van der Waals surface area contributed by atoms with Crippen molar-refractivity contribution in [3.8, 4) is 0 Å². The van der Waals surface area contributed by atoms with Crippen LogP contribution in [-0.2, 0) is 14.9 Å². The standard InChI is InChI=1S/C11H16N2O3S/c1-8-9(2)12-16-11(8)13-17(14,15)10-6-4-3-5-7-10/h3-9,11-13H,1-2H3. The monoisotopic (exact) mass is 256 g/mol. The van der Waals surface area contributed by atoms with Crippen LogP contribution in [0.3, 0.4) is 0 Å². The van der Waals surface area contributed by atoms with Crippen LogP contribution < -0.4 is 10.2 Å². The van der Waals surface area contributed by atoms with E-state index in [0.717, 1.165) is 0 Å². The summed E-state index contributed by atoms with van der Waals surface area (Å²) in [7, 11) is -3.52. The van der Waals surface area contributed by atoms with Crippen LogP contribution in [0.25, 0.3) is 0 Å². The first-order chi connectivity index (χ1) is 8.00. The molecule has 6 heteroatoms. The molecule has 1 aliphatic heterocycles. The van der Waals surface area contributed by atoms with Crippen molar-refractivity contribution in [2.24, 2.45) is 5.92 Å². The molecule has 1 aromatic rings. The van der Waals surface area contributed by atoms with Gasteiger partial charge in [0.05, 0.1) is 4.90 Å². The van der Waals surface area contributed by atoms with E-state index in [9.17, 15) is 8.42 Å². The van der Waals surface area contributed by atoms with Crippen LogP contribution in [0.4, 0.5) is 0 Å². The van der Waals surface area contributed by atoms with Gasteiger partial charge in [-0.1, -0.05) is 25.1 Å². The molecule has 0 amide bonds. The first-order valence-corrected chi connectivity index (χ1v) is 6.97. The number of hydrogen-bond acceptors (Lipinski definition) is 4.